The maximum Gasteiger partial charge on any atom is 0.230 e. The Morgan fingerprint density at radius 2 is 1.96 bits per heavy atom. The Morgan fingerprint density at radius 3 is 2.69 bits per heavy atom. The number of ether oxygens (including phenoxy) is 2. The highest BCUT2D eigenvalue weighted by atomic mass is 19.1. The molecule has 3 rings (SSSR count). The average molecular weight is 356 g/mol. The van der Waals surface area contributed by atoms with Crippen molar-refractivity contribution in [3.8, 4) is 22.8 Å². The van der Waals surface area contributed by atoms with Crippen molar-refractivity contribution < 1.29 is 23.2 Å². The number of anilines is 1. The van der Waals surface area contributed by atoms with Crippen molar-refractivity contribution in [2.75, 3.05) is 19.5 Å². The van der Waals surface area contributed by atoms with E-state index < -0.39 is 5.82 Å². The van der Waals surface area contributed by atoms with Gasteiger partial charge in [-0.05, 0) is 24.3 Å². The Balaban J connectivity index is 1.73. The van der Waals surface area contributed by atoms with Crippen molar-refractivity contribution >= 4 is 11.6 Å². The zero-order chi connectivity index (χ0) is 18.5. The minimum atomic E-state index is -0.416. The molecule has 0 aliphatic carbocycles. The van der Waals surface area contributed by atoms with Gasteiger partial charge in [0.25, 0.3) is 0 Å². The summed E-state index contributed by atoms with van der Waals surface area (Å²) in [6, 6.07) is 12.8. The fourth-order valence-corrected chi connectivity index (χ4v) is 2.45. The molecule has 0 atom stereocenters. The van der Waals surface area contributed by atoms with E-state index in [1.807, 2.05) is 0 Å². The van der Waals surface area contributed by atoms with Crippen molar-refractivity contribution in [1.82, 2.24) is 5.16 Å². The molecule has 0 fully saturated rings. The molecule has 3 aromatic rings. The van der Waals surface area contributed by atoms with Crippen LogP contribution in [0.15, 0.2) is 53.1 Å². The first-order chi connectivity index (χ1) is 12.6. The van der Waals surface area contributed by atoms with Crippen molar-refractivity contribution in [1.29, 1.82) is 0 Å². The highest BCUT2D eigenvalue weighted by Crippen LogP contribution is 2.29. The lowest BCUT2D eigenvalue weighted by Gasteiger charge is -2.11. The summed E-state index contributed by atoms with van der Waals surface area (Å²) in [4.78, 5) is 12.3. The molecule has 7 heteroatoms. The topological polar surface area (TPSA) is 73.6 Å². The molecule has 0 aliphatic heterocycles. The number of nitrogens with zero attached hydrogens (tertiary/aromatic N) is 1. The van der Waals surface area contributed by atoms with Gasteiger partial charge in [-0.2, -0.15) is 0 Å². The number of methoxy groups -OCH3 is 2. The molecule has 0 spiro atoms. The van der Waals surface area contributed by atoms with Crippen LogP contribution in [0.3, 0.4) is 0 Å². The molecular formula is C19H17FN2O4. The van der Waals surface area contributed by atoms with Crippen LogP contribution in [0.1, 0.15) is 5.69 Å². The van der Waals surface area contributed by atoms with Crippen LogP contribution in [-0.2, 0) is 11.2 Å². The molecular weight excluding hydrogens is 339 g/mol. The van der Waals surface area contributed by atoms with E-state index in [4.69, 9.17) is 14.0 Å². The third-order valence-electron chi connectivity index (χ3n) is 3.72. The smallest absolute Gasteiger partial charge is 0.230 e. The van der Waals surface area contributed by atoms with Crippen LogP contribution < -0.4 is 14.8 Å². The molecule has 0 saturated carbocycles. The summed E-state index contributed by atoms with van der Waals surface area (Å²) in [5, 5.41) is 6.58. The van der Waals surface area contributed by atoms with E-state index in [0.717, 1.165) is 0 Å². The monoisotopic (exact) mass is 356 g/mol. The van der Waals surface area contributed by atoms with E-state index in [2.05, 4.69) is 10.5 Å². The molecule has 0 saturated heterocycles. The molecule has 1 heterocycles. The van der Waals surface area contributed by atoms with E-state index in [-0.39, 0.29) is 18.1 Å². The Morgan fingerprint density at radius 1 is 1.15 bits per heavy atom. The van der Waals surface area contributed by atoms with Gasteiger partial charge in [0, 0.05) is 12.1 Å². The molecule has 2 aromatic carbocycles. The standard InChI is InChI=1S/C19H17FN2O4/c1-24-13-7-8-17(25-2)16(11-13)21-19(23)10-12-9-18(26-22-12)14-5-3-4-6-15(14)20/h3-9,11H,10H2,1-2H3,(H,21,23). The highest BCUT2D eigenvalue weighted by Gasteiger charge is 2.15. The summed E-state index contributed by atoms with van der Waals surface area (Å²) in [6.07, 6.45) is -0.0294. The minimum absolute atomic E-state index is 0.0294. The number of amides is 1. The zero-order valence-corrected chi connectivity index (χ0v) is 14.3. The van der Waals surface area contributed by atoms with Crippen LogP contribution in [0.5, 0.6) is 11.5 Å². The maximum atomic E-state index is 13.8. The van der Waals surface area contributed by atoms with Crippen LogP contribution in [0.25, 0.3) is 11.3 Å². The summed E-state index contributed by atoms with van der Waals surface area (Å²) in [5.41, 5.74) is 1.17. The maximum absolute atomic E-state index is 13.8. The lowest BCUT2D eigenvalue weighted by atomic mass is 10.1. The lowest BCUT2D eigenvalue weighted by Crippen LogP contribution is -2.15. The van der Waals surface area contributed by atoms with Crippen LogP contribution in [0, 0.1) is 5.82 Å². The van der Waals surface area contributed by atoms with E-state index in [9.17, 15) is 9.18 Å². The molecule has 0 unspecified atom stereocenters. The number of carbonyl (C=O) groups excluding carboxylic acids is 1. The number of carbonyl (C=O) groups is 1. The van der Waals surface area contributed by atoms with Gasteiger partial charge < -0.3 is 19.3 Å². The number of benzene rings is 2. The third kappa shape index (κ3) is 3.83. The van der Waals surface area contributed by atoms with Crippen molar-refractivity contribution in [2.24, 2.45) is 0 Å². The van der Waals surface area contributed by atoms with Gasteiger partial charge in [0.05, 0.1) is 37.6 Å². The molecule has 0 bridgehead atoms. The van der Waals surface area contributed by atoms with Gasteiger partial charge in [0.2, 0.25) is 5.91 Å². The molecule has 134 valence electrons. The van der Waals surface area contributed by atoms with Gasteiger partial charge in [-0.25, -0.2) is 4.39 Å². The van der Waals surface area contributed by atoms with Gasteiger partial charge in [-0.3, -0.25) is 4.79 Å². The van der Waals surface area contributed by atoms with Gasteiger partial charge >= 0.3 is 0 Å². The van der Waals surface area contributed by atoms with Crippen molar-refractivity contribution in [2.45, 2.75) is 6.42 Å². The van der Waals surface area contributed by atoms with Crippen molar-refractivity contribution in [3.63, 3.8) is 0 Å². The molecule has 26 heavy (non-hydrogen) atoms. The fourth-order valence-electron chi connectivity index (χ4n) is 2.45. The second-order valence-electron chi connectivity index (χ2n) is 5.45. The molecule has 0 radical (unpaired) electrons. The first-order valence-corrected chi connectivity index (χ1v) is 7.83. The summed E-state index contributed by atoms with van der Waals surface area (Å²) in [5.74, 6) is 0.631. The van der Waals surface area contributed by atoms with Crippen LogP contribution in [0.4, 0.5) is 10.1 Å². The fraction of sp³-hybridized carbons (Fsp3) is 0.158. The number of nitrogens with one attached hydrogen (secondary N) is 1. The minimum Gasteiger partial charge on any atom is -0.497 e. The highest BCUT2D eigenvalue weighted by molar-refractivity contribution is 5.93. The Kier molecular flexibility index (Phi) is 5.17. The number of rotatable bonds is 6. The summed E-state index contributed by atoms with van der Waals surface area (Å²) in [6.45, 7) is 0. The second-order valence-corrected chi connectivity index (χ2v) is 5.45. The number of hydrogen-bond acceptors (Lipinski definition) is 5. The molecule has 1 N–H and O–H groups in total. The quantitative estimate of drug-likeness (QED) is 0.729. The molecule has 1 aromatic heterocycles. The third-order valence-corrected chi connectivity index (χ3v) is 3.72. The summed E-state index contributed by atoms with van der Waals surface area (Å²) >= 11 is 0. The number of halogens is 1. The predicted octanol–water partition coefficient (Wildman–Crippen LogP) is 3.68. The average Bonchev–Trinajstić information content (AvgIpc) is 3.10. The summed E-state index contributed by atoms with van der Waals surface area (Å²) in [7, 11) is 3.04. The largest absolute Gasteiger partial charge is 0.497 e. The number of aromatic nitrogens is 1. The van der Waals surface area contributed by atoms with Gasteiger partial charge in [0.1, 0.15) is 17.3 Å². The van der Waals surface area contributed by atoms with E-state index in [0.29, 0.717) is 28.4 Å². The second kappa shape index (κ2) is 7.69. The summed E-state index contributed by atoms with van der Waals surface area (Å²) < 4.78 is 29.3. The van der Waals surface area contributed by atoms with E-state index in [1.54, 1.807) is 42.5 Å². The predicted molar refractivity (Wildman–Crippen MR) is 93.8 cm³/mol. The molecule has 6 nitrogen and oxygen atoms in total. The number of hydrogen-bond donors (Lipinski definition) is 1. The Labute approximate surface area is 149 Å². The molecule has 0 aliphatic rings. The zero-order valence-electron chi connectivity index (χ0n) is 14.3. The lowest BCUT2D eigenvalue weighted by molar-refractivity contribution is -0.115. The Hall–Kier alpha value is -3.35. The van der Waals surface area contributed by atoms with Crippen molar-refractivity contribution in [3.05, 3.63) is 60.0 Å². The van der Waals surface area contributed by atoms with Crippen LogP contribution >= 0.6 is 0 Å². The SMILES string of the molecule is COc1ccc(OC)c(NC(=O)Cc2cc(-c3ccccc3F)on2)c1. The Bertz CT molecular complexity index is 923. The van der Waals surface area contributed by atoms with Gasteiger partial charge in [0.15, 0.2) is 5.76 Å². The van der Waals surface area contributed by atoms with Crippen LogP contribution in [-0.4, -0.2) is 25.3 Å². The van der Waals surface area contributed by atoms with Gasteiger partial charge in [-0.15, -0.1) is 0 Å². The first kappa shape index (κ1) is 17.5. The first-order valence-electron chi connectivity index (χ1n) is 7.83. The van der Waals surface area contributed by atoms with E-state index >= 15 is 0 Å². The van der Waals surface area contributed by atoms with E-state index in [1.165, 1.54) is 20.3 Å². The van der Waals surface area contributed by atoms with Gasteiger partial charge in [-0.1, -0.05) is 17.3 Å². The molecule has 1 amide bonds. The van der Waals surface area contributed by atoms with Crippen LogP contribution in [0.2, 0.25) is 0 Å². The normalized spacial score (nSPS) is 10.4.